The van der Waals surface area contributed by atoms with Gasteiger partial charge in [0.2, 0.25) is 0 Å². The second-order valence-corrected chi connectivity index (χ2v) is 7.40. The molecule has 0 atom stereocenters. The molecule has 0 aliphatic heterocycles. The molecule has 0 spiro atoms. The number of carbonyl (C=O) groups is 1. The number of amides is 1. The van der Waals surface area contributed by atoms with E-state index in [4.69, 9.17) is 0 Å². The van der Waals surface area contributed by atoms with Crippen LogP contribution in [0.25, 0.3) is 21.6 Å². The molecule has 0 fully saturated rings. The number of pyridine rings is 1. The van der Waals surface area contributed by atoms with Gasteiger partial charge >= 0.3 is 0 Å². The van der Waals surface area contributed by atoms with Gasteiger partial charge in [-0.25, -0.2) is 14.4 Å². The van der Waals surface area contributed by atoms with E-state index in [2.05, 4.69) is 15.3 Å². The van der Waals surface area contributed by atoms with Gasteiger partial charge in [-0.3, -0.25) is 4.79 Å². The molecule has 0 saturated heterocycles. The first-order valence-corrected chi connectivity index (χ1v) is 9.21. The number of rotatable bonds is 3. The smallest absolute Gasteiger partial charge is 0.267 e. The number of aryl methyl sites for hydroxylation is 3. The van der Waals surface area contributed by atoms with E-state index >= 15 is 0 Å². The molecule has 1 amide bonds. The molecule has 0 saturated carbocycles. The lowest BCUT2D eigenvalue weighted by atomic mass is 10.2. The molecule has 0 aliphatic carbocycles. The van der Waals surface area contributed by atoms with Crippen LogP contribution in [0.3, 0.4) is 0 Å². The Labute approximate surface area is 159 Å². The van der Waals surface area contributed by atoms with Gasteiger partial charge in [-0.1, -0.05) is 6.07 Å². The quantitative estimate of drug-likeness (QED) is 0.560. The van der Waals surface area contributed by atoms with Crippen LogP contribution in [0.15, 0.2) is 42.7 Å². The third-order valence-corrected chi connectivity index (χ3v) is 5.53. The summed E-state index contributed by atoms with van der Waals surface area (Å²) in [6.07, 6.45) is 3.70. The fourth-order valence-corrected chi connectivity index (χ4v) is 4.00. The number of hydrogen-bond donors (Lipinski definition) is 1. The van der Waals surface area contributed by atoms with Crippen molar-refractivity contribution in [2.75, 3.05) is 5.32 Å². The molecule has 27 heavy (non-hydrogen) atoms. The Morgan fingerprint density at radius 3 is 2.89 bits per heavy atom. The van der Waals surface area contributed by atoms with Crippen molar-refractivity contribution in [2.45, 2.75) is 13.8 Å². The molecule has 3 aromatic heterocycles. The second-order valence-electron chi connectivity index (χ2n) is 6.40. The van der Waals surface area contributed by atoms with Gasteiger partial charge in [0.25, 0.3) is 5.91 Å². The minimum atomic E-state index is -0.462. The van der Waals surface area contributed by atoms with Crippen LogP contribution < -0.4 is 5.32 Å². The highest BCUT2D eigenvalue weighted by Crippen LogP contribution is 2.34. The van der Waals surface area contributed by atoms with Gasteiger partial charge in [-0.05, 0) is 43.7 Å². The fraction of sp³-hybridized carbons (Fsp3) is 0.150. The van der Waals surface area contributed by atoms with Gasteiger partial charge in [0.15, 0.2) is 0 Å². The molecular formula is C20H17FN4OS. The molecule has 0 radical (unpaired) electrons. The SMILES string of the molecule is Cc1ccc(F)c(NC(=O)c2sc(-c3cn(C)c4ncccc34)nc2C)c1. The number of nitrogens with one attached hydrogen (secondary N) is 1. The van der Waals surface area contributed by atoms with Crippen molar-refractivity contribution < 1.29 is 9.18 Å². The zero-order valence-electron chi connectivity index (χ0n) is 15.1. The van der Waals surface area contributed by atoms with E-state index in [1.807, 2.05) is 36.9 Å². The summed E-state index contributed by atoms with van der Waals surface area (Å²) in [5.41, 5.74) is 3.43. The maximum Gasteiger partial charge on any atom is 0.267 e. The Kier molecular flexibility index (Phi) is 4.24. The summed E-state index contributed by atoms with van der Waals surface area (Å²) in [5.74, 6) is -0.824. The Morgan fingerprint density at radius 1 is 1.26 bits per heavy atom. The number of nitrogens with zero attached hydrogens (tertiary/aromatic N) is 3. The first-order chi connectivity index (χ1) is 12.9. The highest BCUT2D eigenvalue weighted by Gasteiger charge is 2.20. The van der Waals surface area contributed by atoms with Crippen LogP contribution in [0.5, 0.6) is 0 Å². The molecule has 7 heteroatoms. The molecule has 4 aromatic rings. The molecule has 3 heterocycles. The van der Waals surface area contributed by atoms with Gasteiger partial charge in [-0.2, -0.15) is 0 Å². The first kappa shape index (κ1) is 17.4. The third-order valence-electron chi connectivity index (χ3n) is 4.34. The highest BCUT2D eigenvalue weighted by molar-refractivity contribution is 7.17. The van der Waals surface area contributed by atoms with E-state index in [0.717, 1.165) is 27.2 Å². The Hall–Kier alpha value is -3.06. The van der Waals surface area contributed by atoms with Gasteiger partial charge in [0.05, 0.1) is 11.4 Å². The number of fused-ring (bicyclic) bond motifs is 1. The van der Waals surface area contributed by atoms with E-state index in [-0.39, 0.29) is 11.6 Å². The molecule has 136 valence electrons. The molecule has 0 unspecified atom stereocenters. The van der Waals surface area contributed by atoms with Crippen LogP contribution in [-0.2, 0) is 7.05 Å². The van der Waals surface area contributed by atoms with E-state index in [9.17, 15) is 9.18 Å². The molecule has 1 aromatic carbocycles. The number of benzene rings is 1. The van der Waals surface area contributed by atoms with Crippen molar-refractivity contribution in [3.05, 3.63) is 64.7 Å². The largest absolute Gasteiger partial charge is 0.335 e. The molecule has 0 bridgehead atoms. The molecule has 1 N–H and O–H groups in total. The van der Waals surface area contributed by atoms with Crippen molar-refractivity contribution in [1.29, 1.82) is 0 Å². The van der Waals surface area contributed by atoms with E-state index in [1.165, 1.54) is 17.4 Å². The number of carbonyl (C=O) groups excluding carboxylic acids is 1. The summed E-state index contributed by atoms with van der Waals surface area (Å²) in [6, 6.07) is 8.48. The van der Waals surface area contributed by atoms with E-state index < -0.39 is 5.82 Å². The Balaban J connectivity index is 1.71. The third kappa shape index (κ3) is 3.10. The number of anilines is 1. The Morgan fingerprint density at radius 2 is 2.07 bits per heavy atom. The molecule has 4 rings (SSSR count). The second kappa shape index (κ2) is 6.59. The maximum atomic E-state index is 14.0. The van der Waals surface area contributed by atoms with Gasteiger partial charge < -0.3 is 9.88 Å². The number of thiazole rings is 1. The predicted molar refractivity (Wildman–Crippen MR) is 106 cm³/mol. The van der Waals surface area contributed by atoms with Gasteiger partial charge in [0.1, 0.15) is 21.3 Å². The van der Waals surface area contributed by atoms with Crippen LogP contribution >= 0.6 is 11.3 Å². The molecule has 0 aliphatic rings. The van der Waals surface area contributed by atoms with Gasteiger partial charge in [-0.15, -0.1) is 11.3 Å². The lowest BCUT2D eigenvalue weighted by Crippen LogP contribution is -2.12. The first-order valence-electron chi connectivity index (χ1n) is 8.39. The highest BCUT2D eigenvalue weighted by atomic mass is 32.1. The van der Waals surface area contributed by atoms with Crippen molar-refractivity contribution in [3.8, 4) is 10.6 Å². The lowest BCUT2D eigenvalue weighted by molar-refractivity contribution is 0.102. The fourth-order valence-electron chi connectivity index (χ4n) is 3.02. The maximum absolute atomic E-state index is 14.0. The van der Waals surface area contributed by atoms with Crippen LogP contribution in [0.1, 0.15) is 20.9 Å². The van der Waals surface area contributed by atoms with E-state index in [1.54, 1.807) is 25.3 Å². The van der Waals surface area contributed by atoms with Crippen LogP contribution in [0, 0.1) is 19.7 Å². The van der Waals surface area contributed by atoms with Gasteiger partial charge in [0, 0.05) is 30.4 Å². The van der Waals surface area contributed by atoms with Crippen LogP contribution in [0.4, 0.5) is 10.1 Å². The standard InChI is InChI=1S/C20H17FN4OS/c1-11-6-7-15(21)16(9-11)24-19(26)17-12(2)23-20(27-17)14-10-25(3)18-13(14)5-4-8-22-18/h4-10H,1-3H3,(H,24,26). The van der Waals surface area contributed by atoms with Crippen LogP contribution in [0.2, 0.25) is 0 Å². The predicted octanol–water partition coefficient (Wildman–Crippen LogP) is 4.71. The monoisotopic (exact) mass is 380 g/mol. The van der Waals surface area contributed by atoms with Crippen molar-refractivity contribution >= 4 is 34.0 Å². The molecule has 5 nitrogen and oxygen atoms in total. The summed E-state index contributed by atoms with van der Waals surface area (Å²) in [5, 5.41) is 4.37. The summed E-state index contributed by atoms with van der Waals surface area (Å²) < 4.78 is 15.9. The van der Waals surface area contributed by atoms with Crippen LogP contribution in [-0.4, -0.2) is 20.4 Å². The van der Waals surface area contributed by atoms with Crippen molar-refractivity contribution in [1.82, 2.24) is 14.5 Å². The minimum Gasteiger partial charge on any atom is -0.335 e. The zero-order valence-corrected chi connectivity index (χ0v) is 15.9. The zero-order chi connectivity index (χ0) is 19.1. The van der Waals surface area contributed by atoms with Crippen molar-refractivity contribution in [3.63, 3.8) is 0 Å². The average molecular weight is 380 g/mol. The summed E-state index contributed by atoms with van der Waals surface area (Å²) in [4.78, 5) is 22.1. The summed E-state index contributed by atoms with van der Waals surface area (Å²) >= 11 is 1.29. The number of hydrogen-bond acceptors (Lipinski definition) is 4. The molecular weight excluding hydrogens is 363 g/mol. The number of aromatic nitrogens is 3. The summed E-state index contributed by atoms with van der Waals surface area (Å²) in [7, 11) is 1.92. The minimum absolute atomic E-state index is 0.170. The normalized spacial score (nSPS) is 11.1. The Bertz CT molecular complexity index is 1180. The topological polar surface area (TPSA) is 59.8 Å². The number of halogens is 1. The van der Waals surface area contributed by atoms with E-state index in [0.29, 0.717) is 10.6 Å². The average Bonchev–Trinajstić information content (AvgIpc) is 3.19. The lowest BCUT2D eigenvalue weighted by Gasteiger charge is -2.06. The summed E-state index contributed by atoms with van der Waals surface area (Å²) in [6.45, 7) is 3.63. The van der Waals surface area contributed by atoms with Crippen molar-refractivity contribution in [2.24, 2.45) is 7.05 Å².